The van der Waals surface area contributed by atoms with E-state index in [0.29, 0.717) is 0 Å². The van der Waals surface area contributed by atoms with Gasteiger partial charge in [0, 0.05) is 38.6 Å². The molecule has 1 aliphatic rings. The average molecular weight is 780 g/mol. The van der Waals surface area contributed by atoms with Crippen LogP contribution in [0.2, 0.25) is 0 Å². The van der Waals surface area contributed by atoms with E-state index in [1.54, 1.807) is 0 Å². The molecule has 0 aliphatic heterocycles. The summed E-state index contributed by atoms with van der Waals surface area (Å²) in [6, 6.07) is 77.3. The van der Waals surface area contributed by atoms with Crippen LogP contribution in [0.15, 0.2) is 217 Å². The Kier molecular flexibility index (Phi) is 7.92. The van der Waals surface area contributed by atoms with Crippen LogP contribution in [0.3, 0.4) is 0 Å². The molecule has 11 aromatic rings. The van der Waals surface area contributed by atoms with Crippen molar-refractivity contribution in [2.75, 3.05) is 4.90 Å². The molecular weight excluding hydrogens is 739 g/mol. The highest BCUT2D eigenvalue weighted by molar-refractivity contribution is 6.19. The monoisotopic (exact) mass is 779 g/mol. The van der Waals surface area contributed by atoms with Crippen LogP contribution < -0.4 is 4.90 Å². The average Bonchev–Trinajstić information content (AvgIpc) is 3.82. The first kappa shape index (κ1) is 35.3. The molecule has 1 aliphatic carbocycles. The van der Waals surface area contributed by atoms with Crippen LogP contribution in [0.25, 0.3) is 88.0 Å². The van der Waals surface area contributed by atoms with E-state index in [0.717, 1.165) is 55.5 Å². The fraction of sp³-hybridized carbons (Fsp3) is 0.0508. The number of anilines is 3. The molecule has 0 fully saturated rings. The Bertz CT molecular complexity index is 3490. The third-order valence-corrected chi connectivity index (χ3v) is 13.0. The molecule has 1 aromatic heterocycles. The van der Waals surface area contributed by atoms with Crippen LogP contribution in [-0.4, -0.2) is 0 Å². The van der Waals surface area contributed by atoms with Gasteiger partial charge in [-0.25, -0.2) is 0 Å². The molecule has 10 aromatic carbocycles. The van der Waals surface area contributed by atoms with Crippen molar-refractivity contribution in [2.45, 2.75) is 19.3 Å². The van der Waals surface area contributed by atoms with Crippen LogP contribution in [0.4, 0.5) is 17.1 Å². The van der Waals surface area contributed by atoms with Crippen molar-refractivity contribution in [3.8, 4) is 44.5 Å². The molecule has 2 heteroatoms. The summed E-state index contributed by atoms with van der Waals surface area (Å²) < 4.78 is 6.57. The number of fused-ring (bicyclic) bond motifs is 9. The zero-order chi connectivity index (χ0) is 40.7. The van der Waals surface area contributed by atoms with Gasteiger partial charge in [0.1, 0.15) is 11.2 Å². The van der Waals surface area contributed by atoms with E-state index in [4.69, 9.17) is 4.42 Å². The van der Waals surface area contributed by atoms with Crippen molar-refractivity contribution in [2.24, 2.45) is 0 Å². The molecule has 0 N–H and O–H groups in total. The molecule has 288 valence electrons. The molecule has 12 rings (SSSR count). The van der Waals surface area contributed by atoms with Crippen LogP contribution >= 0.6 is 0 Å². The maximum absolute atomic E-state index is 6.57. The number of nitrogens with zero attached hydrogens (tertiary/aromatic N) is 1. The summed E-state index contributed by atoms with van der Waals surface area (Å²) >= 11 is 0. The van der Waals surface area contributed by atoms with Gasteiger partial charge in [-0.15, -0.1) is 0 Å². The maximum Gasteiger partial charge on any atom is 0.143 e. The number of benzene rings is 10. The third-order valence-electron chi connectivity index (χ3n) is 13.0. The standard InChI is InChI=1S/C59H41NO/c1-59(2)54-25-8-7-20-51(54)52-24-11-23-49(57(52)59)41-29-34-44(35-30-41)60(45-17-9-16-42(37-45)47-21-10-15-38-13-3-5-18-46(38)47)43-32-27-40(28-33-43)48-22-12-26-55-56(48)53-36-31-39-14-4-6-19-50(39)58(53)61-55/h3-37H,1-2H3. The SMILES string of the molecule is CC1(C)c2ccccc2-c2cccc(-c3ccc(N(c4ccc(-c5cccc6oc7c8ccccc8ccc7c56)cc4)c4cccc(-c5cccc6ccccc56)c4)cc3)c21. The van der Waals surface area contributed by atoms with Gasteiger partial charge < -0.3 is 9.32 Å². The fourth-order valence-electron chi connectivity index (χ4n) is 10.2. The van der Waals surface area contributed by atoms with E-state index >= 15 is 0 Å². The number of hydrogen-bond acceptors (Lipinski definition) is 2. The van der Waals surface area contributed by atoms with Crippen LogP contribution in [-0.2, 0) is 5.41 Å². The molecule has 0 bridgehead atoms. The highest BCUT2D eigenvalue weighted by atomic mass is 16.3. The second-order valence-electron chi connectivity index (χ2n) is 16.8. The van der Waals surface area contributed by atoms with Gasteiger partial charge in [-0.05, 0) is 120 Å². The Hall–Kier alpha value is -7.68. The van der Waals surface area contributed by atoms with Crippen LogP contribution in [0.1, 0.15) is 25.0 Å². The summed E-state index contributed by atoms with van der Waals surface area (Å²) in [7, 11) is 0. The van der Waals surface area contributed by atoms with E-state index < -0.39 is 0 Å². The van der Waals surface area contributed by atoms with E-state index in [-0.39, 0.29) is 5.41 Å². The molecule has 0 atom stereocenters. The van der Waals surface area contributed by atoms with E-state index in [2.05, 4.69) is 231 Å². The minimum Gasteiger partial charge on any atom is -0.455 e. The highest BCUT2D eigenvalue weighted by Crippen LogP contribution is 2.52. The molecule has 0 saturated carbocycles. The number of furan rings is 1. The first-order valence-electron chi connectivity index (χ1n) is 21.2. The normalized spacial score (nSPS) is 12.9. The fourth-order valence-corrected chi connectivity index (χ4v) is 10.2. The lowest BCUT2D eigenvalue weighted by Crippen LogP contribution is -2.16. The molecule has 0 saturated heterocycles. The first-order chi connectivity index (χ1) is 30.0. The van der Waals surface area contributed by atoms with Gasteiger partial charge in [0.2, 0.25) is 0 Å². The van der Waals surface area contributed by atoms with Crippen LogP contribution in [0, 0.1) is 0 Å². The van der Waals surface area contributed by atoms with Gasteiger partial charge in [-0.3, -0.25) is 0 Å². The Morgan fingerprint density at radius 3 is 1.75 bits per heavy atom. The van der Waals surface area contributed by atoms with Gasteiger partial charge in [-0.1, -0.05) is 178 Å². The van der Waals surface area contributed by atoms with Crippen molar-refractivity contribution >= 4 is 60.5 Å². The van der Waals surface area contributed by atoms with Gasteiger partial charge in [0.25, 0.3) is 0 Å². The number of hydrogen-bond donors (Lipinski definition) is 0. The Morgan fingerprint density at radius 1 is 0.377 bits per heavy atom. The molecular formula is C59H41NO. The number of rotatable bonds is 6. The predicted molar refractivity (Wildman–Crippen MR) is 257 cm³/mol. The maximum atomic E-state index is 6.57. The summed E-state index contributed by atoms with van der Waals surface area (Å²) in [5.74, 6) is 0. The Balaban J connectivity index is 0.982. The minimum atomic E-state index is -0.0993. The van der Waals surface area contributed by atoms with E-state index in [9.17, 15) is 0 Å². The highest BCUT2D eigenvalue weighted by Gasteiger charge is 2.37. The van der Waals surface area contributed by atoms with Crippen molar-refractivity contribution in [3.63, 3.8) is 0 Å². The first-order valence-corrected chi connectivity index (χ1v) is 21.2. The largest absolute Gasteiger partial charge is 0.455 e. The topological polar surface area (TPSA) is 16.4 Å². The molecule has 2 nitrogen and oxygen atoms in total. The molecule has 0 radical (unpaired) electrons. The Labute approximate surface area is 355 Å². The molecule has 0 unspecified atom stereocenters. The third kappa shape index (κ3) is 5.56. The summed E-state index contributed by atoms with van der Waals surface area (Å²) in [5.41, 5.74) is 17.7. The lowest BCUT2D eigenvalue weighted by atomic mass is 9.79. The quantitative estimate of drug-likeness (QED) is 0.167. The van der Waals surface area contributed by atoms with Gasteiger partial charge in [0.15, 0.2) is 0 Å². The van der Waals surface area contributed by atoms with Gasteiger partial charge in [0.05, 0.1) is 0 Å². The summed E-state index contributed by atoms with van der Waals surface area (Å²) in [5, 5.41) is 7.08. The lowest BCUT2D eigenvalue weighted by molar-refractivity contribution is 0.662. The zero-order valence-electron chi connectivity index (χ0n) is 34.1. The summed E-state index contributed by atoms with van der Waals surface area (Å²) in [6.07, 6.45) is 0. The van der Waals surface area contributed by atoms with Crippen molar-refractivity contribution in [1.29, 1.82) is 0 Å². The molecule has 61 heavy (non-hydrogen) atoms. The lowest BCUT2D eigenvalue weighted by Gasteiger charge is -2.27. The zero-order valence-corrected chi connectivity index (χ0v) is 34.1. The summed E-state index contributed by atoms with van der Waals surface area (Å²) in [6.45, 7) is 4.72. The van der Waals surface area contributed by atoms with Crippen molar-refractivity contribution < 1.29 is 4.42 Å². The second kappa shape index (κ2) is 13.7. The van der Waals surface area contributed by atoms with E-state index in [1.807, 2.05) is 0 Å². The molecule has 0 amide bonds. The molecule has 0 spiro atoms. The van der Waals surface area contributed by atoms with Gasteiger partial charge in [-0.2, -0.15) is 0 Å². The van der Waals surface area contributed by atoms with Gasteiger partial charge >= 0.3 is 0 Å². The second-order valence-corrected chi connectivity index (χ2v) is 16.8. The van der Waals surface area contributed by atoms with E-state index in [1.165, 1.54) is 60.7 Å². The molecule has 1 heterocycles. The predicted octanol–water partition coefficient (Wildman–Crippen LogP) is 16.7. The summed E-state index contributed by atoms with van der Waals surface area (Å²) in [4.78, 5) is 2.39. The minimum absolute atomic E-state index is 0.0993. The van der Waals surface area contributed by atoms with Crippen molar-refractivity contribution in [1.82, 2.24) is 0 Å². The Morgan fingerprint density at radius 2 is 0.951 bits per heavy atom. The smallest absolute Gasteiger partial charge is 0.143 e. The van der Waals surface area contributed by atoms with Crippen molar-refractivity contribution in [3.05, 3.63) is 223 Å². The van der Waals surface area contributed by atoms with Crippen LogP contribution in [0.5, 0.6) is 0 Å².